The molecule has 1 aromatic rings. The van der Waals surface area contributed by atoms with Crippen molar-refractivity contribution in [1.29, 1.82) is 0 Å². The van der Waals surface area contributed by atoms with E-state index >= 15 is 0 Å². The van der Waals surface area contributed by atoms with Crippen LogP contribution in [0.2, 0.25) is 0 Å². The summed E-state index contributed by atoms with van der Waals surface area (Å²) in [6, 6.07) is 3.81. The van der Waals surface area contributed by atoms with Gasteiger partial charge in [0.15, 0.2) is 0 Å². The predicted octanol–water partition coefficient (Wildman–Crippen LogP) is 4.62. The summed E-state index contributed by atoms with van der Waals surface area (Å²) in [6.07, 6.45) is 1.16. The van der Waals surface area contributed by atoms with E-state index in [0.717, 1.165) is 40.0 Å². The van der Waals surface area contributed by atoms with Crippen LogP contribution in [0.5, 0.6) is 11.5 Å². The molecule has 3 nitrogen and oxygen atoms in total. The molecule has 0 aliphatic heterocycles. The summed E-state index contributed by atoms with van der Waals surface area (Å²) < 4.78 is 12.8. The van der Waals surface area contributed by atoms with Gasteiger partial charge in [0.1, 0.15) is 18.1 Å². The van der Waals surface area contributed by atoms with Crippen LogP contribution in [0.25, 0.3) is 0 Å². The topological polar surface area (TPSA) is 30.5 Å². The van der Waals surface area contributed by atoms with Crippen molar-refractivity contribution in [3.8, 4) is 11.5 Å². The summed E-state index contributed by atoms with van der Waals surface area (Å²) in [5, 5.41) is 3.39. The number of ether oxygens (including phenoxy) is 2. The molecule has 0 radical (unpaired) electrons. The molecule has 0 aliphatic carbocycles. The second-order valence-corrected chi connectivity index (χ2v) is 7.53. The smallest absolute Gasteiger partial charge is 0.134 e. The van der Waals surface area contributed by atoms with E-state index in [1.165, 1.54) is 0 Å². The maximum atomic E-state index is 5.75. The highest BCUT2D eigenvalue weighted by molar-refractivity contribution is 9.11. The van der Waals surface area contributed by atoms with Crippen molar-refractivity contribution < 1.29 is 9.47 Å². The Morgan fingerprint density at radius 1 is 1.05 bits per heavy atom. The van der Waals surface area contributed by atoms with Gasteiger partial charge < -0.3 is 14.8 Å². The van der Waals surface area contributed by atoms with Crippen molar-refractivity contribution in [2.75, 3.05) is 26.8 Å². The van der Waals surface area contributed by atoms with Gasteiger partial charge in [-0.15, -0.1) is 0 Å². The molecule has 1 rings (SSSR count). The summed E-state index contributed by atoms with van der Waals surface area (Å²) in [4.78, 5) is 0. The van der Waals surface area contributed by atoms with Crippen LogP contribution in [0.4, 0.5) is 0 Å². The van der Waals surface area contributed by atoms with E-state index in [9.17, 15) is 0 Å². The molecule has 0 aliphatic rings. The van der Waals surface area contributed by atoms with E-state index in [1.54, 1.807) is 7.11 Å². The van der Waals surface area contributed by atoms with Crippen LogP contribution in [0.3, 0.4) is 0 Å². The minimum absolute atomic E-state index is 0.373. The second kappa shape index (κ2) is 8.25. The molecule has 20 heavy (non-hydrogen) atoms. The fraction of sp³-hybridized carbons (Fsp3) is 0.600. The van der Waals surface area contributed by atoms with Gasteiger partial charge in [0.05, 0.1) is 16.1 Å². The van der Waals surface area contributed by atoms with Gasteiger partial charge in [-0.2, -0.15) is 0 Å². The Kier molecular flexibility index (Phi) is 7.34. The number of benzene rings is 1. The highest BCUT2D eigenvalue weighted by Gasteiger charge is 2.09. The Labute approximate surface area is 138 Å². The Bertz CT molecular complexity index is 431. The number of nitrogens with one attached hydrogen (secondary N) is 1. The molecule has 5 heteroatoms. The van der Waals surface area contributed by atoms with Crippen molar-refractivity contribution in [3.63, 3.8) is 0 Å². The Morgan fingerprint density at radius 3 is 2.25 bits per heavy atom. The highest BCUT2D eigenvalue weighted by atomic mass is 79.9. The summed E-state index contributed by atoms with van der Waals surface area (Å²) in [7, 11) is 1.65. The number of halogens is 2. The van der Waals surface area contributed by atoms with E-state index < -0.39 is 0 Å². The van der Waals surface area contributed by atoms with Gasteiger partial charge >= 0.3 is 0 Å². The first-order valence-corrected chi connectivity index (χ1v) is 8.28. The summed E-state index contributed by atoms with van der Waals surface area (Å²) in [5.74, 6) is 1.60. The van der Waals surface area contributed by atoms with Gasteiger partial charge in [-0.1, -0.05) is 20.8 Å². The molecule has 0 bridgehead atoms. The molecule has 0 amide bonds. The fourth-order valence-corrected chi connectivity index (χ4v) is 2.52. The predicted molar refractivity (Wildman–Crippen MR) is 90.8 cm³/mol. The van der Waals surface area contributed by atoms with Gasteiger partial charge in [-0.05, 0) is 62.4 Å². The number of rotatable bonds is 7. The average Bonchev–Trinajstić information content (AvgIpc) is 2.35. The lowest BCUT2D eigenvalue weighted by Crippen LogP contribution is -2.25. The first-order valence-electron chi connectivity index (χ1n) is 6.70. The largest absolute Gasteiger partial charge is 0.496 e. The Balaban J connectivity index is 2.34. The van der Waals surface area contributed by atoms with E-state index in [2.05, 4.69) is 57.9 Å². The third-order valence-electron chi connectivity index (χ3n) is 2.79. The zero-order valence-corrected chi connectivity index (χ0v) is 15.7. The molecule has 0 fully saturated rings. The highest BCUT2D eigenvalue weighted by Crippen LogP contribution is 2.35. The van der Waals surface area contributed by atoms with Crippen molar-refractivity contribution in [1.82, 2.24) is 5.32 Å². The molecule has 114 valence electrons. The third kappa shape index (κ3) is 6.46. The summed E-state index contributed by atoms with van der Waals surface area (Å²) in [5.41, 5.74) is 0.373. The lowest BCUT2D eigenvalue weighted by molar-refractivity contribution is 0.301. The Morgan fingerprint density at radius 2 is 1.65 bits per heavy atom. The van der Waals surface area contributed by atoms with Crippen LogP contribution >= 0.6 is 31.9 Å². The summed E-state index contributed by atoms with van der Waals surface area (Å²) in [6.45, 7) is 9.24. The molecular formula is C15H23Br2NO2. The zero-order chi connectivity index (χ0) is 15.2. The maximum absolute atomic E-state index is 5.75. The van der Waals surface area contributed by atoms with E-state index in [0.29, 0.717) is 12.0 Å². The van der Waals surface area contributed by atoms with Gasteiger partial charge in [-0.3, -0.25) is 0 Å². The molecule has 1 aromatic carbocycles. The maximum Gasteiger partial charge on any atom is 0.134 e. The molecule has 0 saturated heterocycles. The molecule has 0 spiro atoms. The van der Waals surface area contributed by atoms with Crippen molar-refractivity contribution in [2.24, 2.45) is 5.41 Å². The second-order valence-electron chi connectivity index (χ2n) is 5.83. The summed E-state index contributed by atoms with van der Waals surface area (Å²) >= 11 is 6.94. The minimum Gasteiger partial charge on any atom is -0.496 e. The molecule has 0 aromatic heterocycles. The quantitative estimate of drug-likeness (QED) is 0.667. The zero-order valence-electron chi connectivity index (χ0n) is 12.6. The van der Waals surface area contributed by atoms with Crippen LogP contribution in [0, 0.1) is 5.41 Å². The minimum atomic E-state index is 0.373. The molecule has 1 N–H and O–H groups in total. The SMILES string of the molecule is COc1cc(Br)c(OCCNCCC(C)(C)C)cc1Br. The average molecular weight is 409 g/mol. The van der Waals surface area contributed by atoms with Crippen molar-refractivity contribution >= 4 is 31.9 Å². The van der Waals surface area contributed by atoms with Gasteiger partial charge in [0, 0.05) is 6.54 Å². The monoisotopic (exact) mass is 407 g/mol. The van der Waals surface area contributed by atoms with Crippen LogP contribution in [-0.2, 0) is 0 Å². The van der Waals surface area contributed by atoms with Crippen molar-refractivity contribution in [3.05, 3.63) is 21.1 Å². The van der Waals surface area contributed by atoms with E-state index in [4.69, 9.17) is 9.47 Å². The van der Waals surface area contributed by atoms with Crippen LogP contribution in [-0.4, -0.2) is 26.8 Å². The Hall–Kier alpha value is -0.260. The lowest BCUT2D eigenvalue weighted by Gasteiger charge is -2.18. The first kappa shape index (κ1) is 17.8. The molecule has 0 heterocycles. The lowest BCUT2D eigenvalue weighted by atomic mass is 9.92. The molecular weight excluding hydrogens is 386 g/mol. The van der Waals surface area contributed by atoms with Gasteiger partial charge in [0.25, 0.3) is 0 Å². The van der Waals surface area contributed by atoms with Gasteiger partial charge in [-0.25, -0.2) is 0 Å². The number of hydrogen-bond donors (Lipinski definition) is 1. The van der Waals surface area contributed by atoms with Crippen molar-refractivity contribution in [2.45, 2.75) is 27.2 Å². The van der Waals surface area contributed by atoms with Crippen LogP contribution < -0.4 is 14.8 Å². The molecule has 0 unspecified atom stereocenters. The number of hydrogen-bond acceptors (Lipinski definition) is 3. The van der Waals surface area contributed by atoms with Crippen LogP contribution in [0.15, 0.2) is 21.1 Å². The fourth-order valence-electron chi connectivity index (χ4n) is 1.60. The molecule has 0 saturated carbocycles. The molecule has 0 atom stereocenters. The van der Waals surface area contributed by atoms with E-state index in [-0.39, 0.29) is 0 Å². The number of methoxy groups -OCH3 is 1. The van der Waals surface area contributed by atoms with Crippen LogP contribution in [0.1, 0.15) is 27.2 Å². The van der Waals surface area contributed by atoms with E-state index in [1.807, 2.05) is 12.1 Å². The third-order valence-corrected chi connectivity index (χ3v) is 4.03. The van der Waals surface area contributed by atoms with Gasteiger partial charge in [0.2, 0.25) is 0 Å². The standard InChI is InChI=1S/C15H23Br2NO2/c1-15(2,3)5-6-18-7-8-20-14-10-11(16)13(19-4)9-12(14)17/h9-10,18H,5-8H2,1-4H3. The normalized spacial score (nSPS) is 11.5. The first-order chi connectivity index (χ1) is 9.33.